The van der Waals surface area contributed by atoms with Gasteiger partial charge in [-0.25, -0.2) is 0 Å². The SMILES string of the molecule is NC(=O)C(=Cc1ccccc1)OC(F)(F)F. The van der Waals surface area contributed by atoms with Crippen molar-refractivity contribution >= 4 is 12.0 Å². The van der Waals surface area contributed by atoms with Gasteiger partial charge < -0.3 is 10.5 Å². The average Bonchev–Trinajstić information content (AvgIpc) is 2.16. The Morgan fingerprint density at radius 2 is 1.81 bits per heavy atom. The summed E-state index contributed by atoms with van der Waals surface area (Å²) in [5.41, 5.74) is 5.15. The van der Waals surface area contributed by atoms with E-state index in [1.807, 2.05) is 0 Å². The van der Waals surface area contributed by atoms with Gasteiger partial charge in [-0.2, -0.15) is 0 Å². The van der Waals surface area contributed by atoms with Crippen LogP contribution in [0.2, 0.25) is 0 Å². The third-order valence-corrected chi connectivity index (χ3v) is 1.57. The maximum absolute atomic E-state index is 11.9. The van der Waals surface area contributed by atoms with E-state index in [9.17, 15) is 18.0 Å². The van der Waals surface area contributed by atoms with E-state index in [0.29, 0.717) is 5.56 Å². The minimum absolute atomic E-state index is 0.389. The molecule has 0 heterocycles. The second-order valence-electron chi connectivity index (χ2n) is 2.83. The quantitative estimate of drug-likeness (QED) is 0.639. The van der Waals surface area contributed by atoms with Gasteiger partial charge in [-0.3, -0.25) is 4.79 Å². The summed E-state index contributed by atoms with van der Waals surface area (Å²) in [6, 6.07) is 7.94. The predicted octanol–water partition coefficient (Wildman–Crippen LogP) is 2.05. The van der Waals surface area contributed by atoms with Crippen molar-refractivity contribution in [1.82, 2.24) is 0 Å². The van der Waals surface area contributed by atoms with Crippen LogP contribution in [0.3, 0.4) is 0 Å². The molecular formula is C10H8F3NO2. The van der Waals surface area contributed by atoms with Crippen LogP contribution in [0.5, 0.6) is 0 Å². The van der Waals surface area contributed by atoms with Gasteiger partial charge in [-0.1, -0.05) is 30.3 Å². The van der Waals surface area contributed by atoms with E-state index in [4.69, 9.17) is 5.73 Å². The number of benzene rings is 1. The summed E-state index contributed by atoms with van der Waals surface area (Å²) >= 11 is 0. The largest absolute Gasteiger partial charge is 0.573 e. The van der Waals surface area contributed by atoms with Crippen LogP contribution in [-0.2, 0) is 9.53 Å². The molecule has 0 aliphatic rings. The van der Waals surface area contributed by atoms with Crippen molar-refractivity contribution in [2.24, 2.45) is 5.73 Å². The summed E-state index contributed by atoms with van der Waals surface area (Å²) in [6.45, 7) is 0. The molecule has 0 saturated carbocycles. The van der Waals surface area contributed by atoms with E-state index in [-0.39, 0.29) is 0 Å². The van der Waals surface area contributed by atoms with Gasteiger partial charge in [0.1, 0.15) is 0 Å². The van der Waals surface area contributed by atoms with Crippen molar-refractivity contribution in [2.75, 3.05) is 0 Å². The highest BCUT2D eigenvalue weighted by Crippen LogP contribution is 2.21. The van der Waals surface area contributed by atoms with Crippen LogP contribution in [0.1, 0.15) is 5.56 Å². The minimum atomic E-state index is -4.93. The van der Waals surface area contributed by atoms with Gasteiger partial charge in [0.25, 0.3) is 5.91 Å². The lowest BCUT2D eigenvalue weighted by Gasteiger charge is -2.09. The second-order valence-corrected chi connectivity index (χ2v) is 2.83. The number of hydrogen-bond acceptors (Lipinski definition) is 2. The highest BCUT2D eigenvalue weighted by atomic mass is 19.4. The molecule has 0 fully saturated rings. The Morgan fingerprint density at radius 1 is 1.25 bits per heavy atom. The number of rotatable bonds is 3. The van der Waals surface area contributed by atoms with Crippen molar-refractivity contribution in [3.8, 4) is 0 Å². The smallest absolute Gasteiger partial charge is 0.400 e. The lowest BCUT2D eigenvalue weighted by molar-refractivity contribution is -0.303. The third kappa shape index (κ3) is 4.04. The van der Waals surface area contributed by atoms with Gasteiger partial charge in [0.15, 0.2) is 5.76 Å². The van der Waals surface area contributed by atoms with Gasteiger partial charge in [0.2, 0.25) is 0 Å². The summed E-state index contributed by atoms with van der Waals surface area (Å²) < 4.78 is 39.2. The molecule has 0 atom stereocenters. The molecule has 0 aromatic heterocycles. The number of ether oxygens (including phenoxy) is 1. The summed E-state index contributed by atoms with van der Waals surface area (Å²) in [7, 11) is 0. The number of amides is 1. The van der Waals surface area contributed by atoms with Crippen LogP contribution in [-0.4, -0.2) is 12.3 Å². The lowest BCUT2D eigenvalue weighted by atomic mass is 10.2. The van der Waals surface area contributed by atoms with Gasteiger partial charge in [0, 0.05) is 0 Å². The van der Waals surface area contributed by atoms with E-state index >= 15 is 0 Å². The fourth-order valence-electron chi connectivity index (χ4n) is 0.976. The minimum Gasteiger partial charge on any atom is -0.400 e. The van der Waals surface area contributed by atoms with E-state index in [1.54, 1.807) is 18.2 Å². The van der Waals surface area contributed by atoms with Crippen molar-refractivity contribution in [2.45, 2.75) is 6.36 Å². The second kappa shape index (κ2) is 4.69. The van der Waals surface area contributed by atoms with Crippen LogP contribution >= 0.6 is 0 Å². The molecule has 0 radical (unpaired) electrons. The molecule has 1 amide bonds. The first-order chi connectivity index (χ1) is 7.38. The van der Waals surface area contributed by atoms with Crippen molar-refractivity contribution in [3.63, 3.8) is 0 Å². The molecule has 0 aliphatic heterocycles. The first-order valence-corrected chi connectivity index (χ1v) is 4.21. The van der Waals surface area contributed by atoms with E-state index in [0.717, 1.165) is 6.08 Å². The number of carbonyl (C=O) groups excluding carboxylic acids is 1. The zero-order valence-electron chi connectivity index (χ0n) is 7.99. The molecule has 6 heteroatoms. The highest BCUT2D eigenvalue weighted by Gasteiger charge is 2.33. The molecule has 0 spiro atoms. The Morgan fingerprint density at radius 3 is 2.25 bits per heavy atom. The highest BCUT2D eigenvalue weighted by molar-refractivity contribution is 5.94. The number of primary amides is 1. The Balaban J connectivity index is 2.95. The third-order valence-electron chi connectivity index (χ3n) is 1.57. The summed E-state index contributed by atoms with van der Waals surface area (Å²) in [5, 5.41) is 0. The maximum atomic E-state index is 11.9. The van der Waals surface area contributed by atoms with E-state index < -0.39 is 18.0 Å². The fourth-order valence-corrected chi connectivity index (χ4v) is 0.976. The summed E-state index contributed by atoms with van der Waals surface area (Å²) in [5.74, 6) is -2.22. The Labute approximate surface area is 89.3 Å². The number of carbonyl (C=O) groups is 1. The van der Waals surface area contributed by atoms with Gasteiger partial charge in [0.05, 0.1) is 0 Å². The maximum Gasteiger partial charge on any atom is 0.573 e. The molecule has 0 saturated heterocycles. The Bertz CT molecular complexity index is 398. The van der Waals surface area contributed by atoms with Crippen LogP contribution in [0, 0.1) is 0 Å². The zero-order chi connectivity index (χ0) is 12.2. The molecule has 3 nitrogen and oxygen atoms in total. The Hall–Kier alpha value is -1.98. The number of alkyl halides is 3. The van der Waals surface area contributed by atoms with E-state index in [1.165, 1.54) is 12.1 Å². The topological polar surface area (TPSA) is 52.3 Å². The molecule has 86 valence electrons. The van der Waals surface area contributed by atoms with Crippen molar-refractivity contribution in [3.05, 3.63) is 41.7 Å². The molecule has 1 rings (SSSR count). The first kappa shape index (κ1) is 12.1. The standard InChI is InChI=1S/C10H8F3NO2/c11-10(12,13)16-8(9(14)15)6-7-4-2-1-3-5-7/h1-6H,(H2,14,15). The number of hydrogen-bond donors (Lipinski definition) is 1. The fraction of sp³-hybridized carbons (Fsp3) is 0.100. The van der Waals surface area contributed by atoms with Crippen LogP contribution < -0.4 is 5.73 Å². The first-order valence-electron chi connectivity index (χ1n) is 4.21. The van der Waals surface area contributed by atoms with Crippen molar-refractivity contribution < 1.29 is 22.7 Å². The van der Waals surface area contributed by atoms with E-state index in [2.05, 4.69) is 4.74 Å². The molecule has 0 bridgehead atoms. The van der Waals surface area contributed by atoms with Crippen molar-refractivity contribution in [1.29, 1.82) is 0 Å². The average molecular weight is 231 g/mol. The lowest BCUT2D eigenvalue weighted by Crippen LogP contribution is -2.22. The van der Waals surface area contributed by atoms with Gasteiger partial charge >= 0.3 is 6.36 Å². The van der Waals surface area contributed by atoms with Crippen LogP contribution in [0.4, 0.5) is 13.2 Å². The molecular weight excluding hydrogens is 223 g/mol. The van der Waals surface area contributed by atoms with Gasteiger partial charge in [-0.15, -0.1) is 13.2 Å². The predicted molar refractivity (Wildman–Crippen MR) is 50.8 cm³/mol. The molecule has 16 heavy (non-hydrogen) atoms. The zero-order valence-corrected chi connectivity index (χ0v) is 7.99. The number of halogens is 3. The molecule has 1 aromatic carbocycles. The summed E-state index contributed by atoms with van der Waals surface area (Å²) in [6.07, 6.45) is -4.01. The van der Waals surface area contributed by atoms with Gasteiger partial charge in [-0.05, 0) is 11.6 Å². The monoisotopic (exact) mass is 231 g/mol. The Kier molecular flexibility index (Phi) is 3.55. The molecule has 0 unspecified atom stereocenters. The normalized spacial score (nSPS) is 12.3. The number of nitrogens with two attached hydrogens (primary N) is 1. The van der Waals surface area contributed by atoms with Crippen LogP contribution in [0.15, 0.2) is 36.1 Å². The molecule has 2 N–H and O–H groups in total. The summed E-state index contributed by atoms with van der Waals surface area (Å²) in [4.78, 5) is 10.7. The molecule has 1 aromatic rings. The molecule has 0 aliphatic carbocycles. The van der Waals surface area contributed by atoms with Crippen LogP contribution in [0.25, 0.3) is 6.08 Å².